The normalized spacial score (nSPS) is 15.5. The second-order valence-corrected chi connectivity index (χ2v) is 7.72. The first-order chi connectivity index (χ1) is 12.2. The van der Waals surface area contributed by atoms with Gasteiger partial charge in [-0.05, 0) is 19.1 Å². The van der Waals surface area contributed by atoms with Gasteiger partial charge in [-0.15, -0.1) is 11.3 Å². The summed E-state index contributed by atoms with van der Waals surface area (Å²) >= 11 is 3.33. The molecule has 0 fully saturated rings. The highest BCUT2D eigenvalue weighted by atomic mass is 32.1. The van der Waals surface area contributed by atoms with Crippen LogP contribution in [0.2, 0.25) is 0 Å². The van der Waals surface area contributed by atoms with Gasteiger partial charge in [-0.25, -0.2) is 9.97 Å². The van der Waals surface area contributed by atoms with Crippen molar-refractivity contribution in [2.24, 2.45) is 5.16 Å². The van der Waals surface area contributed by atoms with E-state index in [1.165, 1.54) is 0 Å². The van der Waals surface area contributed by atoms with Gasteiger partial charge in [0.25, 0.3) is 0 Å². The Bertz CT molecular complexity index is 932. The maximum absolute atomic E-state index is 4.99. The molecule has 1 aliphatic rings. The van der Waals surface area contributed by atoms with Crippen molar-refractivity contribution in [2.45, 2.75) is 13.3 Å². The molecule has 4 heterocycles. The number of fused-ring (bicyclic) bond motifs is 1. The minimum atomic E-state index is 0.836. The van der Waals surface area contributed by atoms with Crippen LogP contribution in [0.15, 0.2) is 29.7 Å². The van der Waals surface area contributed by atoms with Gasteiger partial charge in [0.2, 0.25) is 0 Å². The summed E-state index contributed by atoms with van der Waals surface area (Å²) in [5.41, 5.74) is 3.85. The number of aryl methyl sites for hydroxylation is 1. The molecule has 0 saturated carbocycles. The summed E-state index contributed by atoms with van der Waals surface area (Å²) in [6.45, 7) is 2.94. The number of nitrogens with zero attached hydrogens (tertiary/aromatic N) is 5. The first-order valence-corrected chi connectivity index (χ1v) is 9.51. The maximum Gasteiger partial charge on any atom is 0.138 e. The van der Waals surface area contributed by atoms with Crippen LogP contribution in [-0.2, 0) is 4.84 Å². The van der Waals surface area contributed by atoms with E-state index in [1.807, 2.05) is 25.3 Å². The van der Waals surface area contributed by atoms with Gasteiger partial charge in [-0.1, -0.05) is 16.5 Å². The van der Waals surface area contributed by atoms with Gasteiger partial charge in [0, 0.05) is 38.0 Å². The summed E-state index contributed by atoms with van der Waals surface area (Å²) in [6, 6.07) is 3.95. The van der Waals surface area contributed by atoms with Crippen LogP contribution in [-0.4, -0.2) is 41.4 Å². The Hall–Kier alpha value is -2.32. The summed E-state index contributed by atoms with van der Waals surface area (Å²) in [5.74, 6) is 0. The lowest BCUT2D eigenvalue weighted by Crippen LogP contribution is -2.27. The predicted octanol–water partition coefficient (Wildman–Crippen LogP) is 3.83. The molecule has 25 heavy (non-hydrogen) atoms. The molecule has 0 saturated heterocycles. The van der Waals surface area contributed by atoms with Gasteiger partial charge in [0.15, 0.2) is 0 Å². The van der Waals surface area contributed by atoms with Crippen LogP contribution in [0.3, 0.4) is 0 Å². The van der Waals surface area contributed by atoms with Gasteiger partial charge in [-0.3, -0.25) is 4.98 Å². The third kappa shape index (κ3) is 2.91. The zero-order valence-electron chi connectivity index (χ0n) is 14.2. The van der Waals surface area contributed by atoms with Crippen molar-refractivity contribution in [1.29, 1.82) is 0 Å². The van der Waals surface area contributed by atoms with Crippen LogP contribution in [0.1, 0.15) is 17.8 Å². The van der Waals surface area contributed by atoms with E-state index in [0.29, 0.717) is 0 Å². The minimum Gasteiger partial charge on any atom is -0.399 e. The van der Waals surface area contributed by atoms with Crippen LogP contribution in [0.25, 0.3) is 20.5 Å². The maximum atomic E-state index is 4.99. The minimum absolute atomic E-state index is 0.836. The fourth-order valence-corrected chi connectivity index (χ4v) is 5.01. The van der Waals surface area contributed by atoms with Crippen molar-refractivity contribution in [1.82, 2.24) is 15.0 Å². The van der Waals surface area contributed by atoms with Crippen molar-refractivity contribution < 1.29 is 4.84 Å². The molecule has 3 aromatic rings. The average Bonchev–Trinajstić information content (AvgIpc) is 3.23. The molecular formula is C17H17N5OS2. The number of pyridine rings is 1. The van der Waals surface area contributed by atoms with E-state index in [1.54, 1.807) is 36.0 Å². The number of aromatic nitrogens is 3. The van der Waals surface area contributed by atoms with Crippen molar-refractivity contribution in [3.05, 3.63) is 35.9 Å². The Morgan fingerprint density at radius 3 is 2.88 bits per heavy atom. The second-order valence-electron chi connectivity index (χ2n) is 5.74. The molecule has 8 heteroatoms. The van der Waals surface area contributed by atoms with Crippen LogP contribution in [0.5, 0.6) is 0 Å². The molecule has 128 valence electrons. The third-order valence-corrected chi connectivity index (χ3v) is 6.54. The fourth-order valence-electron chi connectivity index (χ4n) is 2.76. The second kappa shape index (κ2) is 6.53. The van der Waals surface area contributed by atoms with E-state index < -0.39 is 0 Å². The molecule has 0 amide bonds. The lowest BCUT2D eigenvalue weighted by atomic mass is 10.1. The number of thiazole rings is 2. The first-order valence-electron chi connectivity index (χ1n) is 7.88. The van der Waals surface area contributed by atoms with Crippen LogP contribution in [0.4, 0.5) is 5.00 Å². The predicted molar refractivity (Wildman–Crippen MR) is 103 cm³/mol. The Kier molecular flexibility index (Phi) is 4.22. The molecule has 3 aromatic heterocycles. The molecule has 6 nitrogen and oxygen atoms in total. The molecule has 4 rings (SSSR count). The molecule has 0 N–H and O–H groups in total. The zero-order chi connectivity index (χ0) is 17.4. The number of hydrogen-bond acceptors (Lipinski definition) is 8. The number of hydrogen-bond donors (Lipinski definition) is 0. The molecule has 0 atom stereocenters. The van der Waals surface area contributed by atoms with E-state index in [4.69, 9.17) is 14.8 Å². The van der Waals surface area contributed by atoms with E-state index in [2.05, 4.69) is 22.1 Å². The molecule has 0 unspecified atom stereocenters. The highest BCUT2D eigenvalue weighted by molar-refractivity contribution is 7.25. The summed E-state index contributed by atoms with van der Waals surface area (Å²) in [5, 5.41) is 7.23. The van der Waals surface area contributed by atoms with Crippen molar-refractivity contribution >= 4 is 33.4 Å². The largest absolute Gasteiger partial charge is 0.399 e. The van der Waals surface area contributed by atoms with Crippen LogP contribution in [0, 0.1) is 6.92 Å². The van der Waals surface area contributed by atoms with E-state index in [9.17, 15) is 0 Å². The van der Waals surface area contributed by atoms with Gasteiger partial charge in [0.05, 0.1) is 10.6 Å². The van der Waals surface area contributed by atoms with Gasteiger partial charge in [-0.2, -0.15) is 0 Å². The molecule has 0 aliphatic carbocycles. The Labute approximate surface area is 153 Å². The standard InChI is InChI=1S/C17H17N5OS2/c1-10-14(24-15(19-10)11-5-4-7-18-9-11)16-20-13-12(21-23-3)6-8-22(2)17(13)25-16/h4-5,7,9H,6,8H2,1-3H3. The average molecular weight is 371 g/mol. The summed E-state index contributed by atoms with van der Waals surface area (Å²) in [7, 11) is 3.66. The number of oxime groups is 1. The van der Waals surface area contributed by atoms with Crippen LogP contribution >= 0.6 is 22.7 Å². The molecule has 0 aromatic carbocycles. The Morgan fingerprint density at radius 2 is 2.12 bits per heavy atom. The first kappa shape index (κ1) is 16.2. The molecule has 1 aliphatic heterocycles. The van der Waals surface area contributed by atoms with Gasteiger partial charge in [0.1, 0.15) is 33.5 Å². The van der Waals surface area contributed by atoms with Crippen LogP contribution < -0.4 is 4.90 Å². The fraction of sp³-hybridized carbons (Fsp3) is 0.294. The number of anilines is 1. The van der Waals surface area contributed by atoms with Gasteiger partial charge < -0.3 is 9.74 Å². The van der Waals surface area contributed by atoms with E-state index in [-0.39, 0.29) is 0 Å². The summed E-state index contributed by atoms with van der Waals surface area (Å²) in [6.07, 6.45) is 4.45. The lowest BCUT2D eigenvalue weighted by Gasteiger charge is -2.23. The smallest absolute Gasteiger partial charge is 0.138 e. The zero-order valence-corrected chi connectivity index (χ0v) is 15.8. The van der Waals surface area contributed by atoms with Crippen molar-refractivity contribution in [2.75, 3.05) is 25.6 Å². The topological polar surface area (TPSA) is 63.5 Å². The summed E-state index contributed by atoms with van der Waals surface area (Å²) in [4.78, 5) is 22.1. The molecule has 0 spiro atoms. The van der Waals surface area contributed by atoms with Crippen molar-refractivity contribution in [3.8, 4) is 20.5 Å². The van der Waals surface area contributed by atoms with E-state index in [0.717, 1.165) is 55.5 Å². The lowest BCUT2D eigenvalue weighted by molar-refractivity contribution is 0.212. The quantitative estimate of drug-likeness (QED) is 0.655. The molecule has 0 radical (unpaired) electrons. The monoisotopic (exact) mass is 371 g/mol. The number of rotatable bonds is 3. The van der Waals surface area contributed by atoms with Gasteiger partial charge >= 0.3 is 0 Å². The van der Waals surface area contributed by atoms with E-state index >= 15 is 0 Å². The summed E-state index contributed by atoms with van der Waals surface area (Å²) < 4.78 is 0. The molecular weight excluding hydrogens is 354 g/mol. The third-order valence-electron chi connectivity index (χ3n) is 4.01. The highest BCUT2D eigenvalue weighted by Gasteiger charge is 2.27. The Morgan fingerprint density at radius 1 is 1.24 bits per heavy atom. The SMILES string of the molecule is CON=C1CCN(C)c2sc(-c3sc(-c4cccnc4)nc3C)nc21. The van der Waals surface area contributed by atoms with Crippen molar-refractivity contribution in [3.63, 3.8) is 0 Å². The Balaban J connectivity index is 1.78. The highest BCUT2D eigenvalue weighted by Crippen LogP contribution is 2.42. The molecule has 0 bridgehead atoms.